The lowest BCUT2D eigenvalue weighted by Crippen LogP contribution is -1.97. The van der Waals surface area contributed by atoms with Crippen LogP contribution in [0.3, 0.4) is 0 Å². The van der Waals surface area contributed by atoms with Crippen LogP contribution in [0.5, 0.6) is 0 Å². The fraction of sp³-hybridized carbons (Fsp3) is 0.133. The average molecular weight is 228 g/mol. The third-order valence-corrected chi connectivity index (χ3v) is 2.56. The third kappa shape index (κ3) is 2.26. The Morgan fingerprint density at radius 2 is 1.71 bits per heavy atom. The van der Waals surface area contributed by atoms with Gasteiger partial charge in [0.15, 0.2) is 5.78 Å². The van der Waals surface area contributed by atoms with Crippen LogP contribution < -0.4 is 0 Å². The molecule has 0 aliphatic rings. The van der Waals surface area contributed by atoms with E-state index in [-0.39, 0.29) is 11.6 Å². The van der Waals surface area contributed by atoms with E-state index >= 15 is 0 Å². The molecule has 0 unspecified atom stereocenters. The molecule has 0 heterocycles. The summed E-state index contributed by atoms with van der Waals surface area (Å²) in [5.74, 6) is -0.379. The van der Waals surface area contributed by atoms with Gasteiger partial charge in [0.05, 0.1) is 0 Å². The summed E-state index contributed by atoms with van der Waals surface area (Å²) >= 11 is 0. The van der Waals surface area contributed by atoms with Crippen molar-refractivity contribution in [2.24, 2.45) is 0 Å². The Kier molecular flexibility index (Phi) is 3.05. The molecular formula is C15H13FO. The van der Waals surface area contributed by atoms with E-state index in [0.717, 1.165) is 5.57 Å². The van der Waals surface area contributed by atoms with Gasteiger partial charge in [0, 0.05) is 10.9 Å². The first-order chi connectivity index (χ1) is 8.09. The Labute approximate surface area is 99.6 Å². The first kappa shape index (κ1) is 11.5. The van der Waals surface area contributed by atoms with Crippen LogP contribution in [0.25, 0.3) is 10.8 Å². The lowest BCUT2D eigenvalue weighted by Gasteiger charge is -2.04. The largest absolute Gasteiger partial charge is 0.289 e. The van der Waals surface area contributed by atoms with E-state index in [0.29, 0.717) is 16.3 Å². The van der Waals surface area contributed by atoms with Gasteiger partial charge in [0.2, 0.25) is 0 Å². The molecule has 0 spiro atoms. The molecule has 0 amide bonds. The Bertz CT molecular complexity index is 607. The summed E-state index contributed by atoms with van der Waals surface area (Å²) in [6.45, 7) is 3.73. The van der Waals surface area contributed by atoms with Gasteiger partial charge in [-0.15, -0.1) is 0 Å². The maximum atomic E-state index is 13.6. The van der Waals surface area contributed by atoms with Crippen molar-refractivity contribution in [1.82, 2.24) is 0 Å². The number of carbonyl (C=O) groups excluding carboxylic acids is 1. The summed E-state index contributed by atoms with van der Waals surface area (Å²) in [5.41, 5.74) is 1.48. The number of ketones is 1. The van der Waals surface area contributed by atoms with E-state index in [1.54, 1.807) is 36.4 Å². The molecule has 2 aromatic carbocycles. The Balaban J connectivity index is 2.67. The number of hydrogen-bond donors (Lipinski definition) is 0. The van der Waals surface area contributed by atoms with Crippen LogP contribution in [0.15, 0.2) is 48.0 Å². The second kappa shape index (κ2) is 4.50. The zero-order chi connectivity index (χ0) is 12.4. The molecular weight excluding hydrogens is 215 g/mol. The van der Waals surface area contributed by atoms with Crippen molar-refractivity contribution < 1.29 is 9.18 Å². The summed E-state index contributed by atoms with van der Waals surface area (Å²) in [6, 6.07) is 9.91. The smallest absolute Gasteiger partial charge is 0.186 e. The van der Waals surface area contributed by atoms with Crippen LogP contribution in [-0.2, 0) is 0 Å². The summed E-state index contributed by atoms with van der Waals surface area (Å²) in [7, 11) is 0. The number of benzene rings is 2. The highest BCUT2D eigenvalue weighted by Gasteiger charge is 2.09. The van der Waals surface area contributed by atoms with Crippen molar-refractivity contribution in [1.29, 1.82) is 0 Å². The van der Waals surface area contributed by atoms with Crippen molar-refractivity contribution >= 4 is 16.6 Å². The molecule has 0 aromatic heterocycles. The minimum atomic E-state index is -0.297. The third-order valence-electron chi connectivity index (χ3n) is 2.56. The molecule has 2 aromatic rings. The van der Waals surface area contributed by atoms with E-state index in [4.69, 9.17) is 0 Å². The van der Waals surface area contributed by atoms with Gasteiger partial charge in [0.25, 0.3) is 0 Å². The molecule has 0 fully saturated rings. The normalized spacial score (nSPS) is 10.3. The van der Waals surface area contributed by atoms with Gasteiger partial charge in [0.1, 0.15) is 5.82 Å². The van der Waals surface area contributed by atoms with Crippen LogP contribution in [0.1, 0.15) is 24.2 Å². The highest BCUT2D eigenvalue weighted by atomic mass is 19.1. The van der Waals surface area contributed by atoms with Gasteiger partial charge in [-0.05, 0) is 37.4 Å². The Morgan fingerprint density at radius 3 is 2.35 bits per heavy atom. The Morgan fingerprint density at radius 1 is 1.06 bits per heavy atom. The van der Waals surface area contributed by atoms with E-state index in [1.165, 1.54) is 6.07 Å². The molecule has 2 rings (SSSR count). The monoisotopic (exact) mass is 228 g/mol. The second-order valence-corrected chi connectivity index (χ2v) is 4.23. The number of rotatable bonds is 2. The zero-order valence-corrected chi connectivity index (χ0v) is 9.83. The van der Waals surface area contributed by atoms with Crippen LogP contribution in [-0.4, -0.2) is 5.78 Å². The van der Waals surface area contributed by atoms with Crippen molar-refractivity contribution in [2.45, 2.75) is 13.8 Å². The molecule has 0 atom stereocenters. The summed E-state index contributed by atoms with van der Waals surface area (Å²) in [4.78, 5) is 12.0. The minimum Gasteiger partial charge on any atom is -0.289 e. The van der Waals surface area contributed by atoms with E-state index < -0.39 is 0 Å². The van der Waals surface area contributed by atoms with Gasteiger partial charge in [-0.2, -0.15) is 0 Å². The van der Waals surface area contributed by atoms with E-state index in [9.17, 15) is 9.18 Å². The maximum absolute atomic E-state index is 13.6. The molecule has 1 nitrogen and oxygen atoms in total. The predicted molar refractivity (Wildman–Crippen MR) is 67.7 cm³/mol. The maximum Gasteiger partial charge on any atom is 0.186 e. The molecule has 86 valence electrons. The van der Waals surface area contributed by atoms with Crippen LogP contribution in [0.4, 0.5) is 4.39 Å². The molecule has 0 aliphatic carbocycles. The second-order valence-electron chi connectivity index (χ2n) is 4.23. The van der Waals surface area contributed by atoms with Crippen LogP contribution in [0, 0.1) is 5.82 Å². The number of allylic oxidation sites excluding steroid dienone is 2. The standard InChI is InChI=1S/C15H13FO/c1-10(2)9-15(17)13-7-8-14(16)12-6-4-3-5-11(12)13/h3-9H,1-2H3. The lowest BCUT2D eigenvalue weighted by atomic mass is 10.00. The number of hydrogen-bond acceptors (Lipinski definition) is 1. The molecule has 0 saturated heterocycles. The topological polar surface area (TPSA) is 17.1 Å². The minimum absolute atomic E-state index is 0.0822. The van der Waals surface area contributed by atoms with E-state index in [1.807, 2.05) is 13.8 Å². The molecule has 0 saturated carbocycles. The van der Waals surface area contributed by atoms with Crippen LogP contribution in [0.2, 0.25) is 0 Å². The number of carbonyl (C=O) groups is 1. The summed E-state index contributed by atoms with van der Waals surface area (Å²) < 4.78 is 13.6. The van der Waals surface area contributed by atoms with Crippen LogP contribution >= 0.6 is 0 Å². The molecule has 0 N–H and O–H groups in total. The van der Waals surface area contributed by atoms with Crippen molar-refractivity contribution in [2.75, 3.05) is 0 Å². The summed E-state index contributed by atoms with van der Waals surface area (Å²) in [5, 5.41) is 1.15. The first-order valence-corrected chi connectivity index (χ1v) is 5.46. The predicted octanol–water partition coefficient (Wildman–Crippen LogP) is 4.13. The Hall–Kier alpha value is -1.96. The van der Waals surface area contributed by atoms with Gasteiger partial charge in [-0.25, -0.2) is 4.39 Å². The van der Waals surface area contributed by atoms with Gasteiger partial charge >= 0.3 is 0 Å². The summed E-state index contributed by atoms with van der Waals surface area (Å²) in [6.07, 6.45) is 1.57. The fourth-order valence-electron chi connectivity index (χ4n) is 1.82. The highest BCUT2D eigenvalue weighted by molar-refractivity contribution is 6.13. The molecule has 0 bridgehead atoms. The number of halogens is 1. The van der Waals surface area contributed by atoms with Gasteiger partial charge in [-0.3, -0.25) is 4.79 Å². The fourth-order valence-corrected chi connectivity index (χ4v) is 1.82. The van der Waals surface area contributed by atoms with Crippen molar-refractivity contribution in [3.05, 3.63) is 59.4 Å². The van der Waals surface area contributed by atoms with Gasteiger partial charge in [-0.1, -0.05) is 29.8 Å². The average Bonchev–Trinajstić information content (AvgIpc) is 2.29. The van der Waals surface area contributed by atoms with Gasteiger partial charge < -0.3 is 0 Å². The SMILES string of the molecule is CC(C)=CC(=O)c1ccc(F)c2ccccc12. The molecule has 0 aliphatic heterocycles. The highest BCUT2D eigenvalue weighted by Crippen LogP contribution is 2.22. The molecule has 2 heteroatoms. The lowest BCUT2D eigenvalue weighted by molar-refractivity contribution is 0.104. The number of fused-ring (bicyclic) bond motifs is 1. The van der Waals surface area contributed by atoms with E-state index in [2.05, 4.69) is 0 Å². The van der Waals surface area contributed by atoms with Crippen molar-refractivity contribution in [3.8, 4) is 0 Å². The first-order valence-electron chi connectivity index (χ1n) is 5.46. The van der Waals surface area contributed by atoms with Crippen molar-refractivity contribution in [3.63, 3.8) is 0 Å². The quantitative estimate of drug-likeness (QED) is 0.558. The zero-order valence-electron chi connectivity index (χ0n) is 9.83. The molecule has 0 radical (unpaired) electrons. The molecule has 17 heavy (non-hydrogen) atoms.